The molecule has 1 aromatic heterocycles. The van der Waals surface area contributed by atoms with Gasteiger partial charge in [-0.05, 0) is 42.3 Å². The molecular weight excluding hydrogens is 378 g/mol. The van der Waals surface area contributed by atoms with E-state index in [4.69, 9.17) is 0 Å². The molecule has 0 radical (unpaired) electrons. The molecule has 0 atom stereocenters. The Bertz CT molecular complexity index is 881. The normalized spacial score (nSPS) is 10.3. The molecule has 4 nitrogen and oxygen atoms in total. The summed E-state index contributed by atoms with van der Waals surface area (Å²) in [5.74, 6) is -0.197. The number of rotatable bonds is 5. The van der Waals surface area contributed by atoms with Gasteiger partial charge in [0, 0.05) is 28.6 Å². The molecule has 0 aliphatic heterocycles. The summed E-state index contributed by atoms with van der Waals surface area (Å²) in [5.41, 5.74) is 4.36. The van der Waals surface area contributed by atoms with Crippen LogP contribution in [-0.2, 0) is 6.54 Å². The second kappa shape index (κ2) is 7.94. The average molecular weight is 396 g/mol. The number of anilines is 2. The van der Waals surface area contributed by atoms with Crippen LogP contribution in [0.3, 0.4) is 0 Å². The summed E-state index contributed by atoms with van der Waals surface area (Å²) >= 11 is 3.52. The van der Waals surface area contributed by atoms with Crippen LogP contribution < -0.4 is 10.6 Å². The molecule has 2 N–H and O–H groups in total. The Morgan fingerprint density at radius 2 is 1.80 bits per heavy atom. The van der Waals surface area contributed by atoms with E-state index in [1.54, 1.807) is 12.3 Å². The summed E-state index contributed by atoms with van der Waals surface area (Å²) in [6.07, 6.45) is 1.63. The highest BCUT2D eigenvalue weighted by molar-refractivity contribution is 9.10. The Morgan fingerprint density at radius 1 is 1.04 bits per heavy atom. The maximum Gasteiger partial charge on any atom is 0.270 e. The largest absolute Gasteiger partial charge is 0.355 e. The molecule has 0 aliphatic rings. The fraction of sp³-hybridized carbons (Fsp3) is 0.100. The highest BCUT2D eigenvalue weighted by Gasteiger charge is 2.08. The van der Waals surface area contributed by atoms with E-state index in [-0.39, 0.29) is 5.91 Å². The lowest BCUT2D eigenvalue weighted by Crippen LogP contribution is -2.23. The molecule has 0 unspecified atom stereocenters. The molecule has 0 fully saturated rings. The van der Waals surface area contributed by atoms with E-state index < -0.39 is 0 Å². The van der Waals surface area contributed by atoms with Crippen LogP contribution in [0.1, 0.15) is 21.6 Å². The van der Waals surface area contributed by atoms with E-state index >= 15 is 0 Å². The summed E-state index contributed by atoms with van der Waals surface area (Å²) in [5, 5.41) is 6.18. The third-order valence-corrected chi connectivity index (χ3v) is 4.60. The number of aromatic nitrogens is 1. The molecule has 3 rings (SSSR count). The number of carbonyl (C=O) groups excluding carboxylic acids is 1. The van der Waals surface area contributed by atoms with Gasteiger partial charge in [-0.15, -0.1) is 0 Å². The number of carbonyl (C=O) groups is 1. The number of benzene rings is 2. The van der Waals surface area contributed by atoms with Crippen molar-refractivity contribution in [2.45, 2.75) is 13.5 Å². The lowest BCUT2D eigenvalue weighted by atomic mass is 10.2. The van der Waals surface area contributed by atoms with E-state index in [0.717, 1.165) is 21.4 Å². The van der Waals surface area contributed by atoms with Crippen LogP contribution in [0, 0.1) is 6.92 Å². The average Bonchev–Trinajstić information content (AvgIpc) is 2.64. The van der Waals surface area contributed by atoms with Crippen LogP contribution in [0.2, 0.25) is 0 Å². The van der Waals surface area contributed by atoms with E-state index in [0.29, 0.717) is 12.2 Å². The minimum atomic E-state index is -0.197. The van der Waals surface area contributed by atoms with Gasteiger partial charge in [0.2, 0.25) is 0 Å². The Balaban J connectivity index is 1.68. The van der Waals surface area contributed by atoms with Gasteiger partial charge in [-0.2, -0.15) is 0 Å². The maximum absolute atomic E-state index is 12.3. The molecule has 0 saturated heterocycles. The minimum Gasteiger partial charge on any atom is -0.355 e. The first-order valence-electron chi connectivity index (χ1n) is 7.93. The first kappa shape index (κ1) is 17.2. The Hall–Kier alpha value is -2.66. The van der Waals surface area contributed by atoms with Gasteiger partial charge in [0.15, 0.2) is 0 Å². The molecule has 0 spiro atoms. The van der Waals surface area contributed by atoms with Crippen molar-refractivity contribution in [3.63, 3.8) is 0 Å². The molecule has 0 bridgehead atoms. The topological polar surface area (TPSA) is 54.0 Å². The smallest absolute Gasteiger partial charge is 0.270 e. The molecule has 0 saturated carbocycles. The third-order valence-electron chi connectivity index (χ3n) is 3.75. The number of aryl methyl sites for hydroxylation is 1. The summed E-state index contributed by atoms with van der Waals surface area (Å²) in [6.45, 7) is 2.51. The lowest BCUT2D eigenvalue weighted by molar-refractivity contribution is 0.0946. The van der Waals surface area contributed by atoms with Crippen LogP contribution >= 0.6 is 15.9 Å². The number of amides is 1. The molecule has 1 heterocycles. The second-order valence-electron chi connectivity index (χ2n) is 5.69. The predicted octanol–water partition coefficient (Wildman–Crippen LogP) is 4.83. The van der Waals surface area contributed by atoms with Gasteiger partial charge in [-0.25, -0.2) is 0 Å². The Kier molecular flexibility index (Phi) is 5.46. The Labute approximate surface area is 155 Å². The van der Waals surface area contributed by atoms with Gasteiger partial charge >= 0.3 is 0 Å². The van der Waals surface area contributed by atoms with Crippen molar-refractivity contribution in [1.82, 2.24) is 10.3 Å². The number of pyridine rings is 1. The van der Waals surface area contributed by atoms with Gasteiger partial charge in [-0.3, -0.25) is 9.78 Å². The fourth-order valence-electron chi connectivity index (χ4n) is 2.34. The van der Waals surface area contributed by atoms with Gasteiger partial charge < -0.3 is 10.6 Å². The quantitative estimate of drug-likeness (QED) is 0.650. The maximum atomic E-state index is 12.3. The van der Waals surface area contributed by atoms with Gasteiger partial charge in [0.25, 0.3) is 5.91 Å². The zero-order valence-electron chi connectivity index (χ0n) is 13.8. The van der Waals surface area contributed by atoms with Crippen molar-refractivity contribution in [2.24, 2.45) is 0 Å². The number of halogens is 1. The number of hydrogen-bond acceptors (Lipinski definition) is 3. The van der Waals surface area contributed by atoms with Crippen molar-refractivity contribution in [1.29, 1.82) is 0 Å². The van der Waals surface area contributed by atoms with Gasteiger partial charge in [-0.1, -0.05) is 52.3 Å². The fourth-order valence-corrected chi connectivity index (χ4v) is 2.72. The van der Waals surface area contributed by atoms with Crippen LogP contribution in [0.4, 0.5) is 11.4 Å². The van der Waals surface area contributed by atoms with Gasteiger partial charge in [0.1, 0.15) is 5.69 Å². The van der Waals surface area contributed by atoms with Crippen LogP contribution in [0.5, 0.6) is 0 Å². The molecule has 2 aromatic carbocycles. The lowest BCUT2D eigenvalue weighted by Gasteiger charge is -2.10. The number of hydrogen-bond donors (Lipinski definition) is 2. The highest BCUT2D eigenvalue weighted by atomic mass is 79.9. The van der Waals surface area contributed by atoms with Gasteiger partial charge in [0.05, 0.1) is 0 Å². The van der Waals surface area contributed by atoms with Crippen molar-refractivity contribution in [3.05, 3.63) is 88.2 Å². The number of nitrogens with zero attached hydrogens (tertiary/aromatic N) is 1. The minimum absolute atomic E-state index is 0.197. The van der Waals surface area contributed by atoms with Crippen molar-refractivity contribution >= 4 is 33.2 Å². The predicted molar refractivity (Wildman–Crippen MR) is 104 cm³/mol. The molecule has 25 heavy (non-hydrogen) atoms. The summed E-state index contributed by atoms with van der Waals surface area (Å²) in [4.78, 5) is 16.5. The van der Waals surface area contributed by atoms with E-state index in [2.05, 4.69) is 31.5 Å². The zero-order chi connectivity index (χ0) is 17.6. The summed E-state index contributed by atoms with van der Waals surface area (Å²) in [7, 11) is 0. The Morgan fingerprint density at radius 3 is 2.56 bits per heavy atom. The SMILES string of the molecule is Cc1ccc(Nc2ccnc(C(=O)NCc3ccccc3)c2)cc1Br. The molecule has 3 aromatic rings. The molecule has 126 valence electrons. The summed E-state index contributed by atoms with van der Waals surface area (Å²) in [6, 6.07) is 19.4. The van der Waals surface area contributed by atoms with Crippen molar-refractivity contribution in [2.75, 3.05) is 5.32 Å². The van der Waals surface area contributed by atoms with Crippen molar-refractivity contribution in [3.8, 4) is 0 Å². The van der Waals surface area contributed by atoms with Crippen LogP contribution in [0.25, 0.3) is 0 Å². The van der Waals surface area contributed by atoms with Crippen molar-refractivity contribution < 1.29 is 4.79 Å². The third kappa shape index (κ3) is 4.67. The highest BCUT2D eigenvalue weighted by Crippen LogP contribution is 2.23. The second-order valence-corrected chi connectivity index (χ2v) is 6.54. The van der Waals surface area contributed by atoms with Crippen LogP contribution in [0.15, 0.2) is 71.3 Å². The molecule has 1 amide bonds. The van der Waals surface area contributed by atoms with E-state index in [1.165, 1.54) is 5.56 Å². The first-order chi connectivity index (χ1) is 12.1. The zero-order valence-corrected chi connectivity index (χ0v) is 15.4. The standard InChI is InChI=1S/C20H18BrN3O/c1-14-7-8-16(11-18(14)21)24-17-9-10-22-19(12-17)20(25)23-13-15-5-3-2-4-6-15/h2-12H,13H2,1H3,(H,22,24)(H,23,25). The van der Waals surface area contributed by atoms with Crippen LogP contribution in [-0.4, -0.2) is 10.9 Å². The first-order valence-corrected chi connectivity index (χ1v) is 8.72. The van der Waals surface area contributed by atoms with E-state index in [9.17, 15) is 4.79 Å². The molecule has 0 aliphatic carbocycles. The molecular formula is C20H18BrN3O. The molecule has 5 heteroatoms. The van der Waals surface area contributed by atoms with E-state index in [1.807, 2.05) is 61.5 Å². The number of nitrogens with one attached hydrogen (secondary N) is 2. The summed E-state index contributed by atoms with van der Waals surface area (Å²) < 4.78 is 1.03. The monoisotopic (exact) mass is 395 g/mol.